The van der Waals surface area contributed by atoms with E-state index >= 15 is 0 Å². The van der Waals surface area contributed by atoms with Gasteiger partial charge in [0, 0.05) is 0 Å². The highest BCUT2D eigenvalue weighted by Gasteiger charge is 2.30. The summed E-state index contributed by atoms with van der Waals surface area (Å²) in [5, 5.41) is 3.32. The summed E-state index contributed by atoms with van der Waals surface area (Å²) in [7, 11) is 1.18. The highest BCUT2D eigenvalue weighted by atomic mass is 32.2. The molecular weight excluding hydrogens is 402 g/mol. The third-order valence-electron chi connectivity index (χ3n) is 5.25. The topological polar surface area (TPSA) is 73.9 Å². The number of benzene rings is 3. The molecule has 0 aromatic heterocycles. The number of sulfone groups is 1. The Labute approximate surface area is 176 Å². The minimum Gasteiger partial charge on any atom is -0.493 e. The fourth-order valence-electron chi connectivity index (χ4n) is 3.77. The first-order valence-electron chi connectivity index (χ1n) is 9.51. The van der Waals surface area contributed by atoms with Gasteiger partial charge in [0.15, 0.2) is 11.5 Å². The van der Waals surface area contributed by atoms with Crippen LogP contribution in [0.1, 0.15) is 11.1 Å². The van der Waals surface area contributed by atoms with Crippen LogP contribution in [0.2, 0.25) is 0 Å². The number of hydrogen-bond acceptors (Lipinski definition) is 6. The van der Waals surface area contributed by atoms with Crippen LogP contribution in [0.15, 0.2) is 64.4 Å². The van der Waals surface area contributed by atoms with E-state index in [-0.39, 0.29) is 0 Å². The number of nitrogens with one attached hydrogen (secondary N) is 1. The van der Waals surface area contributed by atoms with Gasteiger partial charge in [0.25, 0.3) is 0 Å². The lowest BCUT2D eigenvalue weighted by atomic mass is 10.0. The molecule has 0 aliphatic carbocycles. The lowest BCUT2D eigenvalue weighted by Gasteiger charge is -2.24. The van der Waals surface area contributed by atoms with Gasteiger partial charge in [-0.05, 0) is 54.3 Å². The lowest BCUT2D eigenvalue weighted by Crippen LogP contribution is -2.15. The number of anilines is 2. The van der Waals surface area contributed by atoms with Crippen LogP contribution in [0.25, 0.3) is 0 Å². The first kappa shape index (κ1) is 20.1. The number of fused-ring (bicyclic) bond motifs is 2. The molecule has 0 amide bonds. The van der Waals surface area contributed by atoms with E-state index in [0.29, 0.717) is 51.3 Å². The predicted molar refractivity (Wildman–Crippen MR) is 115 cm³/mol. The molecule has 1 aliphatic heterocycles. The molecule has 0 atom stereocenters. The summed E-state index contributed by atoms with van der Waals surface area (Å²) in [5.41, 5.74) is 3.18. The van der Waals surface area contributed by atoms with Gasteiger partial charge in [-0.2, -0.15) is 0 Å². The zero-order valence-electron chi connectivity index (χ0n) is 17.1. The average molecular weight is 426 g/mol. The molecule has 0 fully saturated rings. The van der Waals surface area contributed by atoms with Crippen molar-refractivity contribution in [1.29, 1.82) is 0 Å². The molecule has 3 aromatic rings. The van der Waals surface area contributed by atoms with Crippen LogP contribution in [0.3, 0.4) is 0 Å². The molecule has 156 valence electrons. The normalized spacial score (nSPS) is 13.6. The van der Waals surface area contributed by atoms with Crippen molar-refractivity contribution in [3.05, 3.63) is 65.7 Å². The van der Waals surface area contributed by atoms with E-state index in [2.05, 4.69) is 5.32 Å². The molecule has 30 heavy (non-hydrogen) atoms. The molecule has 1 heterocycles. The lowest BCUT2D eigenvalue weighted by molar-refractivity contribution is 0.324. The van der Waals surface area contributed by atoms with Gasteiger partial charge in [-0.25, -0.2) is 8.42 Å². The van der Waals surface area contributed by atoms with Crippen molar-refractivity contribution in [3.63, 3.8) is 0 Å². The maximum Gasteiger partial charge on any atom is 0.210 e. The smallest absolute Gasteiger partial charge is 0.210 e. The van der Waals surface area contributed by atoms with Gasteiger partial charge in [-0.3, -0.25) is 0 Å². The van der Waals surface area contributed by atoms with E-state index in [4.69, 9.17) is 14.2 Å². The Morgan fingerprint density at radius 1 is 0.800 bits per heavy atom. The Kier molecular flexibility index (Phi) is 5.30. The highest BCUT2D eigenvalue weighted by Crippen LogP contribution is 2.42. The molecule has 4 rings (SSSR count). The van der Waals surface area contributed by atoms with Crippen molar-refractivity contribution in [3.8, 4) is 17.2 Å². The predicted octanol–water partition coefficient (Wildman–Crippen LogP) is 4.39. The molecule has 0 saturated carbocycles. The fraction of sp³-hybridized carbons (Fsp3) is 0.217. The Balaban J connectivity index is 1.68. The molecule has 0 saturated heterocycles. The van der Waals surface area contributed by atoms with E-state index in [9.17, 15) is 8.42 Å². The zero-order chi connectivity index (χ0) is 21.3. The fourth-order valence-corrected chi connectivity index (χ4v) is 5.38. The van der Waals surface area contributed by atoms with Gasteiger partial charge in [0.05, 0.1) is 42.5 Å². The first-order chi connectivity index (χ1) is 14.5. The number of rotatable bonds is 6. The largest absolute Gasteiger partial charge is 0.493 e. The third-order valence-corrected chi connectivity index (χ3v) is 7.10. The molecule has 0 bridgehead atoms. The molecule has 3 aromatic carbocycles. The van der Waals surface area contributed by atoms with Crippen LogP contribution < -0.4 is 19.5 Å². The standard InChI is InChI=1S/C23H23NO5S/c1-27-18-13-15(14-19(28-2)23(18)29-3)11-12-16-7-6-10-21-22(16)24-17-8-4-5-9-20(17)30(21,25)26/h4-10,13-14,24H,11-12H2,1-3H3. The van der Waals surface area contributed by atoms with Gasteiger partial charge in [-0.1, -0.05) is 24.3 Å². The second-order valence-electron chi connectivity index (χ2n) is 6.95. The van der Waals surface area contributed by atoms with Crippen LogP contribution in [0.4, 0.5) is 11.4 Å². The SMILES string of the molecule is COc1cc(CCc2cccc3c2Nc2ccccc2S3(=O)=O)cc(OC)c1OC. The van der Waals surface area contributed by atoms with E-state index in [0.717, 1.165) is 11.1 Å². The number of aryl methyl sites for hydroxylation is 2. The maximum atomic E-state index is 13.1. The van der Waals surface area contributed by atoms with E-state index < -0.39 is 9.84 Å². The Morgan fingerprint density at radius 3 is 2.13 bits per heavy atom. The van der Waals surface area contributed by atoms with E-state index in [1.807, 2.05) is 24.3 Å². The molecule has 6 nitrogen and oxygen atoms in total. The van der Waals surface area contributed by atoms with Crippen molar-refractivity contribution in [2.75, 3.05) is 26.6 Å². The second-order valence-corrected chi connectivity index (χ2v) is 8.83. The first-order valence-corrected chi connectivity index (χ1v) is 11.0. The number of hydrogen-bond donors (Lipinski definition) is 1. The molecule has 1 N–H and O–H groups in total. The van der Waals surface area contributed by atoms with Crippen molar-refractivity contribution >= 4 is 21.2 Å². The van der Waals surface area contributed by atoms with Crippen LogP contribution >= 0.6 is 0 Å². The van der Waals surface area contributed by atoms with Crippen molar-refractivity contribution < 1.29 is 22.6 Å². The molecule has 7 heteroatoms. The van der Waals surface area contributed by atoms with Gasteiger partial charge in [-0.15, -0.1) is 0 Å². The Bertz CT molecular complexity index is 1180. The molecule has 0 radical (unpaired) electrons. The molecule has 1 aliphatic rings. The van der Waals surface area contributed by atoms with Crippen LogP contribution in [-0.4, -0.2) is 29.7 Å². The third kappa shape index (κ3) is 3.35. The van der Waals surface area contributed by atoms with Crippen LogP contribution in [-0.2, 0) is 22.7 Å². The molecule has 0 spiro atoms. The van der Waals surface area contributed by atoms with E-state index in [1.54, 1.807) is 51.7 Å². The van der Waals surface area contributed by atoms with Crippen molar-refractivity contribution in [2.24, 2.45) is 0 Å². The van der Waals surface area contributed by atoms with Crippen molar-refractivity contribution in [1.82, 2.24) is 0 Å². The van der Waals surface area contributed by atoms with Gasteiger partial charge >= 0.3 is 0 Å². The summed E-state index contributed by atoms with van der Waals surface area (Å²) in [5.74, 6) is 1.73. The highest BCUT2D eigenvalue weighted by molar-refractivity contribution is 7.92. The summed E-state index contributed by atoms with van der Waals surface area (Å²) in [6, 6.07) is 16.2. The summed E-state index contributed by atoms with van der Waals surface area (Å²) >= 11 is 0. The summed E-state index contributed by atoms with van der Waals surface area (Å²) in [6.45, 7) is 0. The second kappa shape index (κ2) is 7.91. The van der Waals surface area contributed by atoms with E-state index in [1.165, 1.54) is 0 Å². The minimum atomic E-state index is -3.56. The monoisotopic (exact) mass is 425 g/mol. The summed E-state index contributed by atoms with van der Waals surface area (Å²) in [6.07, 6.45) is 1.32. The van der Waals surface area contributed by atoms with Gasteiger partial charge in [0.2, 0.25) is 15.6 Å². The quantitative estimate of drug-likeness (QED) is 0.494. The van der Waals surface area contributed by atoms with Gasteiger partial charge < -0.3 is 19.5 Å². The Hall–Kier alpha value is -3.19. The number of ether oxygens (including phenoxy) is 3. The zero-order valence-corrected chi connectivity index (χ0v) is 17.9. The molecule has 0 unspecified atom stereocenters. The number of para-hydroxylation sites is 2. The Morgan fingerprint density at radius 2 is 1.47 bits per heavy atom. The molecular formula is C23H23NO5S. The summed E-state index contributed by atoms with van der Waals surface area (Å²) < 4.78 is 42.4. The maximum absolute atomic E-state index is 13.1. The number of methoxy groups -OCH3 is 3. The minimum absolute atomic E-state index is 0.305. The van der Waals surface area contributed by atoms with Crippen LogP contribution in [0, 0.1) is 0 Å². The summed E-state index contributed by atoms with van der Waals surface area (Å²) in [4.78, 5) is 0.614. The van der Waals surface area contributed by atoms with Crippen LogP contribution in [0.5, 0.6) is 17.2 Å². The average Bonchev–Trinajstić information content (AvgIpc) is 2.77. The van der Waals surface area contributed by atoms with Crippen molar-refractivity contribution in [2.45, 2.75) is 22.6 Å². The van der Waals surface area contributed by atoms with Gasteiger partial charge in [0.1, 0.15) is 0 Å².